The minimum absolute atomic E-state index is 0.0952. The lowest BCUT2D eigenvalue weighted by Crippen LogP contribution is -2.38. The van der Waals surface area contributed by atoms with Gasteiger partial charge in [0.2, 0.25) is 0 Å². The van der Waals surface area contributed by atoms with E-state index in [0.717, 1.165) is 12.0 Å². The predicted molar refractivity (Wildman–Crippen MR) is 98.5 cm³/mol. The highest BCUT2D eigenvalue weighted by molar-refractivity contribution is 5.93. The fraction of sp³-hybridized carbons (Fsp3) is 0.450. The van der Waals surface area contributed by atoms with E-state index < -0.39 is 12.0 Å². The Bertz CT molecular complexity index is 680. The average Bonchev–Trinajstić information content (AvgIpc) is 2.64. The molecule has 0 aromatic heterocycles. The molecule has 0 aliphatic carbocycles. The molecule has 1 aliphatic rings. The van der Waals surface area contributed by atoms with Gasteiger partial charge in [-0.15, -0.1) is 0 Å². The highest BCUT2D eigenvalue weighted by Crippen LogP contribution is 2.24. The molecular weight excluding hydrogens is 332 g/mol. The average molecular weight is 358 g/mol. The number of carbonyl (C=O) groups is 2. The van der Waals surface area contributed by atoms with Crippen LogP contribution in [0.5, 0.6) is 0 Å². The van der Waals surface area contributed by atoms with Crippen LogP contribution in [0, 0.1) is 11.3 Å². The second-order valence-electron chi connectivity index (χ2n) is 5.48. The summed E-state index contributed by atoms with van der Waals surface area (Å²) in [5, 5.41) is 9.15. The first-order chi connectivity index (χ1) is 12.5. The van der Waals surface area contributed by atoms with Crippen molar-refractivity contribution in [1.82, 2.24) is 4.90 Å². The van der Waals surface area contributed by atoms with Crippen molar-refractivity contribution in [2.45, 2.75) is 46.6 Å². The van der Waals surface area contributed by atoms with E-state index in [1.165, 1.54) is 6.08 Å². The van der Waals surface area contributed by atoms with Gasteiger partial charge in [0.1, 0.15) is 17.7 Å². The maximum Gasteiger partial charge on any atom is 0.348 e. The maximum absolute atomic E-state index is 12.3. The number of nitriles is 1. The summed E-state index contributed by atoms with van der Waals surface area (Å²) in [6, 6.07) is 1.36. The highest BCUT2D eigenvalue weighted by atomic mass is 16.5. The van der Waals surface area contributed by atoms with Crippen molar-refractivity contribution >= 4 is 11.9 Å². The molecule has 6 heteroatoms. The van der Waals surface area contributed by atoms with Crippen LogP contribution in [-0.2, 0) is 19.1 Å². The topological polar surface area (TPSA) is 79.6 Å². The van der Waals surface area contributed by atoms with Crippen LogP contribution in [0.3, 0.4) is 0 Å². The summed E-state index contributed by atoms with van der Waals surface area (Å²) < 4.78 is 10.0. The zero-order chi connectivity index (χ0) is 19.5. The van der Waals surface area contributed by atoms with Gasteiger partial charge < -0.3 is 14.4 Å². The normalized spacial score (nSPS) is 16.7. The number of esters is 2. The van der Waals surface area contributed by atoms with Crippen molar-refractivity contribution in [3.05, 3.63) is 47.3 Å². The van der Waals surface area contributed by atoms with Crippen molar-refractivity contribution in [2.24, 2.45) is 0 Å². The number of carbonyl (C=O) groups excluding carboxylic acids is 2. The minimum atomic E-state index is -0.666. The van der Waals surface area contributed by atoms with E-state index in [-0.39, 0.29) is 18.1 Å². The van der Waals surface area contributed by atoms with Gasteiger partial charge in [-0.3, -0.25) is 0 Å². The Hall–Kier alpha value is -2.81. The SMILES string of the molecule is CCOC(=O)/C(C#N)=C/C=C1\C=CC(CC)=CN1C(CC)C(=O)OCC. The molecular formula is C20H26N2O4. The number of hydrogen-bond acceptors (Lipinski definition) is 6. The van der Waals surface area contributed by atoms with Gasteiger partial charge in [-0.1, -0.05) is 19.9 Å². The molecule has 0 saturated heterocycles. The van der Waals surface area contributed by atoms with E-state index in [1.807, 2.05) is 43.2 Å². The third-order valence-electron chi connectivity index (χ3n) is 3.80. The molecule has 1 atom stereocenters. The lowest BCUT2D eigenvalue weighted by molar-refractivity contribution is -0.148. The first kappa shape index (κ1) is 21.2. The lowest BCUT2D eigenvalue weighted by Gasteiger charge is -2.32. The van der Waals surface area contributed by atoms with Crippen LogP contribution >= 0.6 is 0 Å². The van der Waals surface area contributed by atoms with Crippen LogP contribution in [-0.4, -0.2) is 36.1 Å². The van der Waals surface area contributed by atoms with Gasteiger partial charge in [0.15, 0.2) is 0 Å². The molecule has 0 aromatic carbocycles. The Morgan fingerprint density at radius 3 is 2.42 bits per heavy atom. The Kier molecular flexibility index (Phi) is 8.93. The zero-order valence-electron chi connectivity index (χ0n) is 15.8. The monoisotopic (exact) mass is 358 g/mol. The van der Waals surface area contributed by atoms with Gasteiger partial charge in [0, 0.05) is 11.9 Å². The van der Waals surface area contributed by atoms with Gasteiger partial charge in [0.05, 0.1) is 13.2 Å². The third-order valence-corrected chi connectivity index (χ3v) is 3.80. The molecule has 26 heavy (non-hydrogen) atoms. The fourth-order valence-corrected chi connectivity index (χ4v) is 2.44. The Balaban J connectivity index is 3.23. The molecule has 0 bridgehead atoms. The Morgan fingerprint density at radius 2 is 1.88 bits per heavy atom. The number of rotatable bonds is 8. The standard InChI is InChI=1S/C20H26N2O4/c1-5-15-9-11-17(12-10-16(13-21)19(23)25-7-3)22(14-15)18(6-2)20(24)26-8-4/h9-12,14,18H,5-8H2,1-4H3/b16-10+,17-12+. The number of nitrogens with zero attached hydrogens (tertiary/aromatic N) is 2. The fourth-order valence-electron chi connectivity index (χ4n) is 2.44. The second kappa shape index (κ2) is 10.9. The summed E-state index contributed by atoms with van der Waals surface area (Å²) in [7, 11) is 0. The molecule has 0 amide bonds. The quantitative estimate of drug-likeness (QED) is 0.376. The van der Waals surface area contributed by atoms with Gasteiger partial charge in [-0.05, 0) is 50.5 Å². The van der Waals surface area contributed by atoms with Crippen LogP contribution in [0.1, 0.15) is 40.5 Å². The molecule has 0 spiro atoms. The third kappa shape index (κ3) is 5.62. The van der Waals surface area contributed by atoms with Gasteiger partial charge >= 0.3 is 11.9 Å². The molecule has 1 rings (SSSR count). The molecule has 1 aliphatic heterocycles. The van der Waals surface area contributed by atoms with Crippen molar-refractivity contribution in [3.63, 3.8) is 0 Å². The Labute approximate surface area is 155 Å². The van der Waals surface area contributed by atoms with E-state index in [4.69, 9.17) is 14.7 Å². The smallest absolute Gasteiger partial charge is 0.348 e. The molecule has 6 nitrogen and oxygen atoms in total. The van der Waals surface area contributed by atoms with Gasteiger partial charge in [0.25, 0.3) is 0 Å². The van der Waals surface area contributed by atoms with Gasteiger partial charge in [-0.25, -0.2) is 9.59 Å². The molecule has 0 aromatic rings. The van der Waals surface area contributed by atoms with Crippen molar-refractivity contribution in [1.29, 1.82) is 5.26 Å². The van der Waals surface area contributed by atoms with Gasteiger partial charge in [-0.2, -0.15) is 5.26 Å². The predicted octanol–water partition coefficient (Wildman–Crippen LogP) is 3.39. The summed E-state index contributed by atoms with van der Waals surface area (Å²) in [5.41, 5.74) is 1.67. The largest absolute Gasteiger partial charge is 0.464 e. The van der Waals surface area contributed by atoms with Crippen LogP contribution in [0.2, 0.25) is 0 Å². The molecule has 1 heterocycles. The van der Waals surface area contributed by atoms with Crippen LogP contribution in [0.15, 0.2) is 47.3 Å². The number of hydrogen-bond donors (Lipinski definition) is 0. The molecule has 140 valence electrons. The number of allylic oxidation sites excluding steroid dienone is 5. The summed E-state index contributed by atoms with van der Waals surface area (Å²) in [4.78, 5) is 25.9. The molecule has 0 fully saturated rings. The van der Waals surface area contributed by atoms with E-state index in [2.05, 4.69) is 0 Å². The first-order valence-electron chi connectivity index (χ1n) is 8.85. The summed E-state index contributed by atoms with van der Waals surface area (Å²) >= 11 is 0. The summed E-state index contributed by atoms with van der Waals surface area (Å²) in [5.74, 6) is -0.974. The molecule has 0 radical (unpaired) electrons. The lowest BCUT2D eigenvalue weighted by atomic mass is 10.1. The molecule has 0 saturated carbocycles. The Morgan fingerprint density at radius 1 is 1.19 bits per heavy atom. The maximum atomic E-state index is 12.3. The second-order valence-corrected chi connectivity index (χ2v) is 5.48. The van der Waals surface area contributed by atoms with Crippen molar-refractivity contribution in [2.75, 3.05) is 13.2 Å². The van der Waals surface area contributed by atoms with E-state index >= 15 is 0 Å². The molecule has 1 unspecified atom stereocenters. The van der Waals surface area contributed by atoms with E-state index in [1.54, 1.807) is 19.9 Å². The van der Waals surface area contributed by atoms with Crippen LogP contribution in [0.4, 0.5) is 0 Å². The van der Waals surface area contributed by atoms with E-state index in [0.29, 0.717) is 18.7 Å². The summed E-state index contributed by atoms with van der Waals surface area (Å²) in [6.07, 6.45) is 10.1. The van der Waals surface area contributed by atoms with Crippen LogP contribution in [0.25, 0.3) is 0 Å². The first-order valence-corrected chi connectivity index (χ1v) is 8.85. The zero-order valence-corrected chi connectivity index (χ0v) is 15.8. The highest BCUT2D eigenvalue weighted by Gasteiger charge is 2.26. The minimum Gasteiger partial charge on any atom is -0.464 e. The van der Waals surface area contributed by atoms with Crippen LogP contribution < -0.4 is 0 Å². The number of ether oxygens (including phenoxy) is 2. The molecule has 0 N–H and O–H groups in total. The van der Waals surface area contributed by atoms with E-state index in [9.17, 15) is 9.59 Å². The van der Waals surface area contributed by atoms with Crippen molar-refractivity contribution < 1.29 is 19.1 Å². The summed E-state index contributed by atoms with van der Waals surface area (Å²) in [6.45, 7) is 7.90. The van der Waals surface area contributed by atoms with Crippen molar-refractivity contribution in [3.8, 4) is 6.07 Å².